The molecule has 1 fully saturated rings. The van der Waals surface area contributed by atoms with Gasteiger partial charge in [-0.1, -0.05) is 6.42 Å². The van der Waals surface area contributed by atoms with Crippen molar-refractivity contribution in [1.29, 1.82) is 0 Å². The summed E-state index contributed by atoms with van der Waals surface area (Å²) < 4.78 is 31.0. The van der Waals surface area contributed by atoms with Crippen LogP contribution in [0.15, 0.2) is 29.4 Å². The number of aryl methyl sites for hydroxylation is 1. The number of sulfone groups is 1. The molecule has 0 saturated heterocycles. The molecule has 3 aromatic rings. The second kappa shape index (κ2) is 8.22. The number of rotatable bonds is 6. The molecular formula is C21H27N5O3S. The van der Waals surface area contributed by atoms with Crippen LogP contribution in [0.5, 0.6) is 5.88 Å². The topological polar surface area (TPSA) is 110 Å². The van der Waals surface area contributed by atoms with Crippen LogP contribution in [0, 0.1) is 6.92 Å². The van der Waals surface area contributed by atoms with Gasteiger partial charge in [0.2, 0.25) is 11.8 Å². The fourth-order valence-corrected chi connectivity index (χ4v) is 4.78. The average Bonchev–Trinajstić information content (AvgIpc) is 3.19. The van der Waals surface area contributed by atoms with Crippen molar-refractivity contribution in [3.05, 3.63) is 30.1 Å². The number of imidazole rings is 1. The molecule has 0 spiro atoms. The van der Waals surface area contributed by atoms with E-state index in [1.54, 1.807) is 38.4 Å². The summed E-state index contributed by atoms with van der Waals surface area (Å²) in [5.41, 5.74) is 2.73. The number of ether oxygens (including phenoxy) is 1. The summed E-state index contributed by atoms with van der Waals surface area (Å²) in [6, 6.07) is 5.02. The molecule has 9 heteroatoms. The van der Waals surface area contributed by atoms with Gasteiger partial charge in [-0.25, -0.2) is 13.4 Å². The number of aromatic amines is 1. The monoisotopic (exact) mass is 429 g/mol. The lowest BCUT2D eigenvalue weighted by molar-refractivity contribution is 0.150. The number of hydrogen-bond acceptors (Lipinski definition) is 7. The molecule has 2 N–H and O–H groups in total. The zero-order valence-electron chi connectivity index (χ0n) is 17.5. The minimum atomic E-state index is -3.33. The van der Waals surface area contributed by atoms with Crippen molar-refractivity contribution < 1.29 is 13.2 Å². The van der Waals surface area contributed by atoms with Gasteiger partial charge in [0.1, 0.15) is 11.6 Å². The van der Waals surface area contributed by atoms with Gasteiger partial charge in [0.25, 0.3) is 0 Å². The maximum atomic E-state index is 12.4. The summed E-state index contributed by atoms with van der Waals surface area (Å²) in [6.07, 6.45) is 7.34. The first-order valence-corrected chi connectivity index (χ1v) is 11.9. The Bertz CT molecular complexity index is 1150. The Kier molecular flexibility index (Phi) is 5.64. The highest BCUT2D eigenvalue weighted by molar-refractivity contribution is 7.92. The number of H-pyrrole nitrogens is 1. The molecule has 2 aromatic heterocycles. The normalized spacial score (nSPS) is 15.6. The van der Waals surface area contributed by atoms with Crippen molar-refractivity contribution in [2.45, 2.75) is 69.1 Å². The standard InChI is InChI=1S/C21H27N5O3S/c1-13(2)30(27,28)16-9-10-17(14(3)11-16)24-21-25-19-18(22-12-23-19)20(26-21)29-15-7-5-4-6-8-15/h9-13,15H,4-8H2,1-3H3,(H2,22,23,24,25,26). The van der Waals surface area contributed by atoms with Gasteiger partial charge in [-0.15, -0.1) is 0 Å². The van der Waals surface area contributed by atoms with Crippen molar-refractivity contribution in [3.63, 3.8) is 0 Å². The quantitative estimate of drug-likeness (QED) is 0.601. The Labute approximate surface area is 176 Å². The lowest BCUT2D eigenvalue weighted by Gasteiger charge is -2.22. The molecule has 4 rings (SSSR count). The zero-order chi connectivity index (χ0) is 21.3. The Morgan fingerprint density at radius 1 is 1.17 bits per heavy atom. The lowest BCUT2D eigenvalue weighted by Crippen LogP contribution is -2.20. The number of benzene rings is 1. The largest absolute Gasteiger partial charge is 0.473 e. The highest BCUT2D eigenvalue weighted by atomic mass is 32.2. The van der Waals surface area contributed by atoms with E-state index in [0.29, 0.717) is 27.9 Å². The van der Waals surface area contributed by atoms with Gasteiger partial charge < -0.3 is 15.0 Å². The van der Waals surface area contributed by atoms with E-state index in [9.17, 15) is 8.42 Å². The van der Waals surface area contributed by atoms with Crippen molar-refractivity contribution in [3.8, 4) is 5.88 Å². The fraction of sp³-hybridized carbons (Fsp3) is 0.476. The molecule has 0 atom stereocenters. The molecule has 0 bridgehead atoms. The van der Waals surface area contributed by atoms with E-state index < -0.39 is 15.1 Å². The van der Waals surface area contributed by atoms with E-state index in [2.05, 4.69) is 25.3 Å². The van der Waals surface area contributed by atoms with Crippen molar-refractivity contribution >= 4 is 32.6 Å². The van der Waals surface area contributed by atoms with E-state index >= 15 is 0 Å². The first kappa shape index (κ1) is 20.6. The molecule has 8 nitrogen and oxygen atoms in total. The van der Waals surface area contributed by atoms with Crippen molar-refractivity contribution in [2.24, 2.45) is 0 Å². The second-order valence-corrected chi connectivity index (χ2v) is 10.5. The second-order valence-electron chi connectivity index (χ2n) is 8.03. The number of anilines is 2. The predicted octanol–water partition coefficient (Wildman–Crippen LogP) is 4.30. The smallest absolute Gasteiger partial charge is 0.245 e. The van der Waals surface area contributed by atoms with Crippen LogP contribution in [0.25, 0.3) is 11.2 Å². The van der Waals surface area contributed by atoms with Crippen LogP contribution in [-0.4, -0.2) is 39.7 Å². The number of nitrogens with one attached hydrogen (secondary N) is 2. The van der Waals surface area contributed by atoms with E-state index in [-0.39, 0.29) is 6.10 Å². The molecule has 0 aliphatic heterocycles. The molecule has 2 heterocycles. The maximum Gasteiger partial charge on any atom is 0.245 e. The molecular weight excluding hydrogens is 402 g/mol. The minimum Gasteiger partial charge on any atom is -0.473 e. The number of aromatic nitrogens is 4. The molecule has 0 amide bonds. The Morgan fingerprint density at radius 3 is 2.63 bits per heavy atom. The van der Waals surface area contributed by atoms with Gasteiger partial charge in [0.15, 0.2) is 15.5 Å². The molecule has 0 radical (unpaired) electrons. The van der Waals surface area contributed by atoms with Crippen LogP contribution in [0.3, 0.4) is 0 Å². The SMILES string of the molecule is Cc1cc(S(=O)(=O)C(C)C)ccc1Nc1nc(OC2CCCCC2)c2[nH]cnc2n1. The first-order valence-electron chi connectivity index (χ1n) is 10.3. The van der Waals surface area contributed by atoms with Gasteiger partial charge >= 0.3 is 0 Å². The van der Waals surface area contributed by atoms with Crippen LogP contribution >= 0.6 is 0 Å². The average molecular weight is 430 g/mol. The van der Waals surface area contributed by atoms with Crippen LogP contribution in [-0.2, 0) is 9.84 Å². The highest BCUT2D eigenvalue weighted by Crippen LogP contribution is 2.29. The number of fused-ring (bicyclic) bond motifs is 1. The Hall–Kier alpha value is -2.68. The molecule has 160 valence electrons. The van der Waals surface area contributed by atoms with Crippen LogP contribution in [0.1, 0.15) is 51.5 Å². The predicted molar refractivity (Wildman–Crippen MR) is 116 cm³/mol. The third-order valence-corrected chi connectivity index (χ3v) is 7.63. The van der Waals surface area contributed by atoms with Gasteiger partial charge in [0, 0.05) is 5.69 Å². The van der Waals surface area contributed by atoms with Crippen molar-refractivity contribution in [2.75, 3.05) is 5.32 Å². The van der Waals surface area contributed by atoms with E-state index in [1.165, 1.54) is 6.42 Å². The van der Waals surface area contributed by atoms with Gasteiger partial charge in [-0.2, -0.15) is 9.97 Å². The highest BCUT2D eigenvalue weighted by Gasteiger charge is 2.21. The maximum absolute atomic E-state index is 12.4. The van der Waals surface area contributed by atoms with Crippen molar-refractivity contribution in [1.82, 2.24) is 19.9 Å². The van der Waals surface area contributed by atoms with Gasteiger partial charge in [-0.3, -0.25) is 0 Å². The summed E-state index contributed by atoms with van der Waals surface area (Å²) in [6.45, 7) is 5.21. The molecule has 1 aromatic carbocycles. The minimum absolute atomic E-state index is 0.148. The molecule has 1 aliphatic rings. The Balaban J connectivity index is 1.62. The summed E-state index contributed by atoms with van der Waals surface area (Å²) in [5.74, 6) is 0.853. The number of nitrogens with zero attached hydrogens (tertiary/aromatic N) is 3. The van der Waals surface area contributed by atoms with Crippen LogP contribution in [0.4, 0.5) is 11.6 Å². The lowest BCUT2D eigenvalue weighted by atomic mass is 9.98. The summed E-state index contributed by atoms with van der Waals surface area (Å²) in [5, 5.41) is 2.72. The summed E-state index contributed by atoms with van der Waals surface area (Å²) >= 11 is 0. The third kappa shape index (κ3) is 4.12. The molecule has 30 heavy (non-hydrogen) atoms. The van der Waals surface area contributed by atoms with E-state index in [4.69, 9.17) is 4.74 Å². The van der Waals surface area contributed by atoms with Gasteiger partial charge in [-0.05, 0) is 70.2 Å². The first-order chi connectivity index (χ1) is 14.3. The third-order valence-electron chi connectivity index (χ3n) is 5.48. The molecule has 1 saturated carbocycles. The van der Waals surface area contributed by atoms with Crippen LogP contribution < -0.4 is 10.1 Å². The zero-order valence-corrected chi connectivity index (χ0v) is 18.3. The summed E-state index contributed by atoms with van der Waals surface area (Å²) in [7, 11) is -3.33. The molecule has 1 aliphatic carbocycles. The van der Waals surface area contributed by atoms with Crippen LogP contribution in [0.2, 0.25) is 0 Å². The molecule has 0 unspecified atom stereocenters. The fourth-order valence-electron chi connectivity index (χ4n) is 3.63. The van der Waals surface area contributed by atoms with Gasteiger partial charge in [0.05, 0.1) is 16.5 Å². The number of hydrogen-bond donors (Lipinski definition) is 2. The van der Waals surface area contributed by atoms with E-state index in [0.717, 1.165) is 36.9 Å². The summed E-state index contributed by atoms with van der Waals surface area (Å²) in [4.78, 5) is 16.7. The van der Waals surface area contributed by atoms with E-state index in [1.807, 2.05) is 6.92 Å². The Morgan fingerprint density at radius 2 is 1.93 bits per heavy atom.